The van der Waals surface area contributed by atoms with Crippen LogP contribution in [0.1, 0.15) is 30.8 Å². The first-order valence-electron chi connectivity index (χ1n) is 12.1. The summed E-state index contributed by atoms with van der Waals surface area (Å²) in [6.45, 7) is 3.33. The molecule has 1 aliphatic heterocycles. The van der Waals surface area contributed by atoms with Gasteiger partial charge in [0.05, 0.1) is 11.2 Å². The Bertz CT molecular complexity index is 1500. The van der Waals surface area contributed by atoms with Crippen LogP contribution in [-0.4, -0.2) is 43.6 Å². The molecule has 8 heteroatoms. The Morgan fingerprint density at radius 1 is 1.09 bits per heavy atom. The minimum absolute atomic E-state index is 0.168. The van der Waals surface area contributed by atoms with Crippen LogP contribution in [0.3, 0.4) is 0 Å². The highest BCUT2D eigenvalue weighted by Gasteiger charge is 2.37. The zero-order valence-electron chi connectivity index (χ0n) is 19.5. The topological polar surface area (TPSA) is 83.9 Å². The predicted octanol–water partition coefficient (Wildman–Crippen LogP) is 4.02. The number of carbonyl (C=O) groups excluding carboxylic acids is 1. The van der Waals surface area contributed by atoms with Gasteiger partial charge in [-0.15, -0.1) is 0 Å². The predicted molar refractivity (Wildman–Crippen MR) is 131 cm³/mol. The van der Waals surface area contributed by atoms with Gasteiger partial charge in [0.15, 0.2) is 0 Å². The standard InChI is InChI=1S/C27H26FN5O2/c1-16-2-3-18-4-7-21(14-23(18)29-16)20-8-9-24(22(28)13-20)33-25(30-31-27(33)35)12-17-10-11-32(15-17)26(34)19-5-6-19/h2-4,7-9,13-14,17,19H,5-6,10-12,15H2,1H3,(H,31,35)/t17-/m0/s1. The summed E-state index contributed by atoms with van der Waals surface area (Å²) in [5.74, 6) is 0.627. The SMILES string of the molecule is Cc1ccc2ccc(-c3ccc(-n4c(C[C@@H]5CCN(C(=O)C6CC6)C5)n[nH]c4=O)c(F)c3)cc2n1. The Kier molecular flexibility index (Phi) is 5.24. The third-order valence-electron chi connectivity index (χ3n) is 7.09. The van der Waals surface area contributed by atoms with Crippen molar-refractivity contribution in [3.05, 3.63) is 76.4 Å². The number of halogens is 1. The normalized spacial score (nSPS) is 17.9. The molecule has 0 radical (unpaired) electrons. The lowest BCUT2D eigenvalue weighted by Crippen LogP contribution is -2.30. The summed E-state index contributed by atoms with van der Waals surface area (Å²) >= 11 is 0. The van der Waals surface area contributed by atoms with E-state index in [1.807, 2.05) is 48.2 Å². The monoisotopic (exact) mass is 471 g/mol. The Morgan fingerprint density at radius 2 is 1.86 bits per heavy atom. The molecule has 6 rings (SSSR count). The van der Waals surface area contributed by atoms with Crippen molar-refractivity contribution in [1.82, 2.24) is 24.6 Å². The smallest absolute Gasteiger partial charge is 0.342 e. The molecule has 1 atom stereocenters. The number of amides is 1. The molecule has 2 fully saturated rings. The van der Waals surface area contributed by atoms with E-state index in [0.717, 1.165) is 48.0 Å². The van der Waals surface area contributed by atoms with Gasteiger partial charge < -0.3 is 4.90 Å². The fourth-order valence-corrected chi connectivity index (χ4v) is 5.03. The average Bonchev–Trinajstić information content (AvgIpc) is 3.50. The molecule has 1 saturated heterocycles. The van der Waals surface area contributed by atoms with E-state index in [9.17, 15) is 9.59 Å². The van der Waals surface area contributed by atoms with E-state index in [0.29, 0.717) is 24.4 Å². The van der Waals surface area contributed by atoms with Gasteiger partial charge >= 0.3 is 5.69 Å². The first-order chi connectivity index (χ1) is 17.0. The second kappa shape index (κ2) is 8.45. The number of H-pyrrole nitrogens is 1. The minimum atomic E-state index is -0.499. The highest BCUT2D eigenvalue weighted by Crippen LogP contribution is 2.33. The van der Waals surface area contributed by atoms with Crippen molar-refractivity contribution in [3.63, 3.8) is 0 Å². The molecule has 3 heterocycles. The van der Waals surface area contributed by atoms with E-state index in [2.05, 4.69) is 15.2 Å². The molecule has 4 aromatic rings. The molecular formula is C27H26FN5O2. The number of fused-ring (bicyclic) bond motifs is 1. The maximum atomic E-state index is 15.3. The van der Waals surface area contributed by atoms with Crippen LogP contribution in [0.4, 0.5) is 4.39 Å². The lowest BCUT2D eigenvalue weighted by atomic mass is 10.0. The largest absolute Gasteiger partial charge is 0.348 e. The van der Waals surface area contributed by atoms with E-state index in [1.54, 1.807) is 6.07 Å². The molecule has 0 bridgehead atoms. The van der Waals surface area contributed by atoms with Crippen molar-refractivity contribution in [2.75, 3.05) is 13.1 Å². The number of benzene rings is 2. The third-order valence-corrected chi connectivity index (χ3v) is 7.09. The Labute approximate surface area is 201 Å². The number of rotatable bonds is 5. The lowest BCUT2D eigenvalue weighted by Gasteiger charge is -2.16. The maximum absolute atomic E-state index is 15.3. The fraction of sp³-hybridized carbons (Fsp3) is 0.333. The molecule has 2 aromatic carbocycles. The second-order valence-corrected chi connectivity index (χ2v) is 9.72. The molecule has 0 unspecified atom stereocenters. The van der Waals surface area contributed by atoms with Crippen molar-refractivity contribution in [3.8, 4) is 16.8 Å². The first kappa shape index (κ1) is 21.7. The zero-order valence-corrected chi connectivity index (χ0v) is 19.5. The molecule has 2 aromatic heterocycles. The molecule has 1 N–H and O–H groups in total. The van der Waals surface area contributed by atoms with Gasteiger partial charge in [-0.05, 0) is 67.5 Å². The number of likely N-dealkylation sites (tertiary alicyclic amines) is 1. The van der Waals surface area contributed by atoms with Gasteiger partial charge in [0.25, 0.3) is 0 Å². The third kappa shape index (κ3) is 4.13. The highest BCUT2D eigenvalue weighted by molar-refractivity contribution is 5.84. The van der Waals surface area contributed by atoms with Crippen molar-refractivity contribution in [2.45, 2.75) is 32.6 Å². The van der Waals surface area contributed by atoms with Crippen LogP contribution in [0.15, 0.2) is 53.3 Å². The number of hydrogen-bond acceptors (Lipinski definition) is 4. The van der Waals surface area contributed by atoms with Gasteiger partial charge in [-0.1, -0.05) is 24.3 Å². The number of aromatic nitrogens is 4. The van der Waals surface area contributed by atoms with E-state index >= 15 is 4.39 Å². The molecule has 0 spiro atoms. The van der Waals surface area contributed by atoms with Crippen LogP contribution in [0.5, 0.6) is 0 Å². The van der Waals surface area contributed by atoms with E-state index in [-0.39, 0.29) is 23.4 Å². The number of carbonyl (C=O) groups is 1. The van der Waals surface area contributed by atoms with Crippen LogP contribution < -0.4 is 5.69 Å². The van der Waals surface area contributed by atoms with E-state index < -0.39 is 11.5 Å². The Morgan fingerprint density at radius 3 is 2.66 bits per heavy atom. The van der Waals surface area contributed by atoms with Gasteiger partial charge in [0.2, 0.25) is 5.91 Å². The van der Waals surface area contributed by atoms with Crippen LogP contribution in [0.25, 0.3) is 27.7 Å². The molecule has 2 aliphatic rings. The molecule has 1 aliphatic carbocycles. The Hall–Kier alpha value is -3.81. The summed E-state index contributed by atoms with van der Waals surface area (Å²) < 4.78 is 16.7. The zero-order chi connectivity index (χ0) is 24.1. The maximum Gasteiger partial charge on any atom is 0.348 e. The van der Waals surface area contributed by atoms with Gasteiger partial charge in [0, 0.05) is 36.5 Å². The minimum Gasteiger partial charge on any atom is -0.342 e. The lowest BCUT2D eigenvalue weighted by molar-refractivity contribution is -0.131. The summed E-state index contributed by atoms with van der Waals surface area (Å²) in [6, 6.07) is 14.7. The fourth-order valence-electron chi connectivity index (χ4n) is 5.03. The number of aromatic amines is 1. The van der Waals surface area contributed by atoms with E-state index in [4.69, 9.17) is 0 Å². The molecule has 178 valence electrons. The number of hydrogen-bond donors (Lipinski definition) is 1. The summed E-state index contributed by atoms with van der Waals surface area (Å²) in [5, 5.41) is 7.68. The van der Waals surface area contributed by atoms with Crippen molar-refractivity contribution < 1.29 is 9.18 Å². The van der Waals surface area contributed by atoms with E-state index in [1.165, 1.54) is 10.6 Å². The van der Waals surface area contributed by atoms with Crippen LogP contribution >= 0.6 is 0 Å². The van der Waals surface area contributed by atoms with Gasteiger partial charge in [0.1, 0.15) is 11.6 Å². The highest BCUT2D eigenvalue weighted by atomic mass is 19.1. The summed E-state index contributed by atoms with van der Waals surface area (Å²) in [5.41, 5.74) is 3.03. The molecule has 35 heavy (non-hydrogen) atoms. The van der Waals surface area contributed by atoms with Gasteiger partial charge in [-0.2, -0.15) is 5.10 Å². The summed E-state index contributed by atoms with van der Waals surface area (Å²) in [7, 11) is 0. The molecule has 1 amide bonds. The second-order valence-electron chi connectivity index (χ2n) is 9.72. The molecule has 1 saturated carbocycles. The number of nitrogens with zero attached hydrogens (tertiary/aromatic N) is 4. The van der Waals surface area contributed by atoms with Crippen LogP contribution in [0, 0.1) is 24.6 Å². The van der Waals surface area contributed by atoms with Crippen molar-refractivity contribution in [2.24, 2.45) is 11.8 Å². The number of aryl methyl sites for hydroxylation is 1. The Balaban J connectivity index is 1.26. The summed E-state index contributed by atoms with van der Waals surface area (Å²) in [4.78, 5) is 31.4. The molecular weight excluding hydrogens is 445 g/mol. The first-order valence-corrected chi connectivity index (χ1v) is 12.1. The number of nitrogens with one attached hydrogen (secondary N) is 1. The summed E-state index contributed by atoms with van der Waals surface area (Å²) in [6.07, 6.45) is 3.34. The average molecular weight is 472 g/mol. The molecule has 7 nitrogen and oxygen atoms in total. The quantitative estimate of drug-likeness (QED) is 0.477. The van der Waals surface area contributed by atoms with Crippen molar-refractivity contribution >= 4 is 16.8 Å². The van der Waals surface area contributed by atoms with Crippen LogP contribution in [-0.2, 0) is 11.2 Å². The number of pyridine rings is 1. The van der Waals surface area contributed by atoms with Crippen molar-refractivity contribution in [1.29, 1.82) is 0 Å². The van der Waals surface area contributed by atoms with Gasteiger partial charge in [-0.3, -0.25) is 9.78 Å². The van der Waals surface area contributed by atoms with Crippen LogP contribution in [0.2, 0.25) is 0 Å². The van der Waals surface area contributed by atoms with Gasteiger partial charge in [-0.25, -0.2) is 18.9 Å².